The Morgan fingerprint density at radius 1 is 0.368 bits per heavy atom. The Hall–Kier alpha value is -4.59. The Kier molecular flexibility index (Phi) is 6.76. The Morgan fingerprint density at radius 3 is 1.50 bits per heavy atom. The lowest BCUT2D eigenvalue weighted by Gasteiger charge is -2.28. The lowest BCUT2D eigenvalue weighted by molar-refractivity contribution is 1.28. The highest BCUT2D eigenvalue weighted by atomic mass is 35.5. The zero-order valence-electron chi connectivity index (χ0n) is 20.8. The van der Waals surface area contributed by atoms with Gasteiger partial charge in [-0.05, 0) is 70.3 Å². The van der Waals surface area contributed by atoms with Gasteiger partial charge in [-0.25, -0.2) is 0 Å². The number of benzene rings is 6. The molecule has 0 aliphatic rings. The average Bonchev–Trinajstić information content (AvgIpc) is 2.99. The molecular weight excluding hydrogens is 482 g/mol. The topological polar surface area (TPSA) is 3.24 Å². The Balaban J connectivity index is 1.54. The second-order valence-corrected chi connectivity index (χ2v) is 9.63. The molecule has 6 aromatic rings. The fourth-order valence-electron chi connectivity index (χ4n) is 4.87. The van der Waals surface area contributed by atoms with E-state index >= 15 is 0 Å². The van der Waals surface area contributed by atoms with E-state index < -0.39 is 0 Å². The van der Waals surface area contributed by atoms with Crippen molar-refractivity contribution in [2.75, 3.05) is 4.90 Å². The first-order chi connectivity index (χ1) is 18.8. The van der Waals surface area contributed by atoms with E-state index in [2.05, 4.69) is 138 Å². The number of hydrogen-bond acceptors (Lipinski definition) is 1. The molecule has 0 fully saturated rings. The van der Waals surface area contributed by atoms with Crippen LogP contribution in [0.5, 0.6) is 0 Å². The molecule has 0 bridgehead atoms. The summed E-state index contributed by atoms with van der Waals surface area (Å²) >= 11 is 6.50. The summed E-state index contributed by atoms with van der Waals surface area (Å²) in [5.74, 6) is 0. The van der Waals surface area contributed by atoms with E-state index in [-0.39, 0.29) is 0 Å². The number of hydrogen-bond donors (Lipinski definition) is 0. The third-order valence-electron chi connectivity index (χ3n) is 6.73. The van der Waals surface area contributed by atoms with Crippen LogP contribution in [0.15, 0.2) is 158 Å². The van der Waals surface area contributed by atoms with Crippen molar-refractivity contribution in [1.29, 1.82) is 0 Å². The van der Waals surface area contributed by atoms with Gasteiger partial charge in [-0.15, -0.1) is 0 Å². The van der Waals surface area contributed by atoms with Gasteiger partial charge in [0.2, 0.25) is 0 Å². The summed E-state index contributed by atoms with van der Waals surface area (Å²) in [5.41, 5.74) is 10.2. The minimum atomic E-state index is 0.704. The molecule has 0 atom stereocenters. The van der Waals surface area contributed by atoms with Crippen LogP contribution in [-0.4, -0.2) is 0 Å². The summed E-state index contributed by atoms with van der Waals surface area (Å²) < 4.78 is 0. The molecule has 0 spiro atoms. The first-order valence-electron chi connectivity index (χ1n) is 12.7. The molecule has 0 saturated heterocycles. The first kappa shape index (κ1) is 23.8. The van der Waals surface area contributed by atoms with E-state index in [1.54, 1.807) is 0 Å². The van der Waals surface area contributed by atoms with Crippen LogP contribution in [0.25, 0.3) is 33.4 Å². The normalized spacial score (nSPS) is 10.8. The van der Waals surface area contributed by atoms with Gasteiger partial charge in [0, 0.05) is 22.0 Å². The minimum absolute atomic E-state index is 0.704. The summed E-state index contributed by atoms with van der Waals surface area (Å²) in [5, 5.41) is 0.704. The fourth-order valence-corrected chi connectivity index (χ4v) is 5.05. The molecule has 1 nitrogen and oxygen atoms in total. The lowest BCUT2D eigenvalue weighted by Crippen LogP contribution is -2.11. The van der Waals surface area contributed by atoms with Crippen LogP contribution in [0.2, 0.25) is 5.02 Å². The van der Waals surface area contributed by atoms with Crippen molar-refractivity contribution in [2.24, 2.45) is 0 Å². The lowest BCUT2D eigenvalue weighted by atomic mass is 9.96. The van der Waals surface area contributed by atoms with Crippen molar-refractivity contribution < 1.29 is 0 Å². The Morgan fingerprint density at radius 2 is 0.895 bits per heavy atom. The molecular formula is C36H26ClN. The van der Waals surface area contributed by atoms with Gasteiger partial charge in [-0.1, -0.05) is 127 Å². The van der Waals surface area contributed by atoms with Crippen LogP contribution in [0.1, 0.15) is 0 Å². The van der Waals surface area contributed by atoms with Crippen molar-refractivity contribution in [3.8, 4) is 33.4 Å². The average molecular weight is 508 g/mol. The molecule has 6 aromatic carbocycles. The van der Waals surface area contributed by atoms with Crippen LogP contribution in [0.3, 0.4) is 0 Å². The predicted octanol–water partition coefficient (Wildman–Crippen LogP) is 10.8. The van der Waals surface area contributed by atoms with Gasteiger partial charge in [-0.3, -0.25) is 0 Å². The summed E-state index contributed by atoms with van der Waals surface area (Å²) in [4.78, 5) is 2.29. The third-order valence-corrected chi connectivity index (χ3v) is 6.96. The van der Waals surface area contributed by atoms with Crippen molar-refractivity contribution in [1.82, 2.24) is 0 Å². The summed E-state index contributed by atoms with van der Waals surface area (Å²) in [6.07, 6.45) is 0. The quantitative estimate of drug-likeness (QED) is 0.216. The van der Waals surface area contributed by atoms with Gasteiger partial charge in [0.15, 0.2) is 0 Å². The zero-order chi connectivity index (χ0) is 25.7. The second kappa shape index (κ2) is 10.8. The van der Waals surface area contributed by atoms with Gasteiger partial charge in [0.05, 0.1) is 5.69 Å². The highest BCUT2D eigenvalue weighted by Gasteiger charge is 2.18. The SMILES string of the molecule is Clc1cccc(N(c2ccc(-c3ccccc3)cc2)c2ccc(-c3ccccc3)cc2-c2ccccc2)c1. The molecule has 0 aromatic heterocycles. The molecule has 0 N–H and O–H groups in total. The van der Waals surface area contributed by atoms with E-state index in [1.165, 1.54) is 22.3 Å². The minimum Gasteiger partial charge on any atom is -0.310 e. The fraction of sp³-hybridized carbons (Fsp3) is 0. The zero-order valence-corrected chi connectivity index (χ0v) is 21.6. The first-order valence-corrected chi connectivity index (χ1v) is 13.1. The van der Waals surface area contributed by atoms with Crippen LogP contribution >= 0.6 is 11.6 Å². The van der Waals surface area contributed by atoms with Gasteiger partial charge in [-0.2, -0.15) is 0 Å². The smallest absolute Gasteiger partial charge is 0.0540 e. The standard InChI is InChI=1S/C36H26ClN/c37-32-17-10-18-34(26-32)38(33-22-19-29(20-23-33)27-11-4-1-5-12-27)36-24-21-31(28-13-6-2-7-14-28)25-35(36)30-15-8-3-9-16-30/h1-26H. The van der Waals surface area contributed by atoms with E-state index in [0.29, 0.717) is 5.02 Å². The number of nitrogens with zero attached hydrogens (tertiary/aromatic N) is 1. The molecule has 2 heteroatoms. The molecule has 0 aliphatic carbocycles. The summed E-state index contributed by atoms with van der Waals surface area (Å²) in [6.45, 7) is 0. The van der Waals surface area contributed by atoms with Crippen molar-refractivity contribution >= 4 is 28.7 Å². The van der Waals surface area contributed by atoms with Crippen LogP contribution in [0, 0.1) is 0 Å². The van der Waals surface area contributed by atoms with Crippen LogP contribution in [-0.2, 0) is 0 Å². The van der Waals surface area contributed by atoms with Gasteiger partial charge < -0.3 is 4.90 Å². The maximum Gasteiger partial charge on any atom is 0.0540 e. The van der Waals surface area contributed by atoms with E-state index in [1.807, 2.05) is 24.3 Å². The molecule has 0 radical (unpaired) electrons. The molecule has 0 unspecified atom stereocenters. The third kappa shape index (κ3) is 4.98. The molecule has 0 aliphatic heterocycles. The van der Waals surface area contributed by atoms with Crippen LogP contribution in [0.4, 0.5) is 17.1 Å². The van der Waals surface area contributed by atoms with Crippen molar-refractivity contribution in [3.63, 3.8) is 0 Å². The Labute approximate surface area is 229 Å². The summed E-state index contributed by atoms with van der Waals surface area (Å²) in [6, 6.07) is 55.0. The predicted molar refractivity (Wildman–Crippen MR) is 162 cm³/mol. The molecule has 0 saturated carbocycles. The van der Waals surface area contributed by atoms with Gasteiger partial charge in [0.1, 0.15) is 0 Å². The molecule has 182 valence electrons. The van der Waals surface area contributed by atoms with Crippen molar-refractivity contribution in [2.45, 2.75) is 0 Å². The maximum absolute atomic E-state index is 6.50. The van der Waals surface area contributed by atoms with E-state index in [0.717, 1.165) is 28.2 Å². The van der Waals surface area contributed by atoms with Crippen molar-refractivity contribution in [3.05, 3.63) is 163 Å². The monoisotopic (exact) mass is 507 g/mol. The second-order valence-electron chi connectivity index (χ2n) is 9.19. The number of halogens is 1. The molecule has 0 heterocycles. The van der Waals surface area contributed by atoms with Crippen LogP contribution < -0.4 is 4.90 Å². The molecule has 38 heavy (non-hydrogen) atoms. The number of anilines is 3. The van der Waals surface area contributed by atoms with Gasteiger partial charge in [0.25, 0.3) is 0 Å². The highest BCUT2D eigenvalue weighted by Crippen LogP contribution is 2.43. The molecule has 6 rings (SSSR count). The maximum atomic E-state index is 6.50. The summed E-state index contributed by atoms with van der Waals surface area (Å²) in [7, 11) is 0. The number of rotatable bonds is 6. The highest BCUT2D eigenvalue weighted by molar-refractivity contribution is 6.30. The van der Waals surface area contributed by atoms with Gasteiger partial charge >= 0.3 is 0 Å². The van der Waals surface area contributed by atoms with E-state index in [9.17, 15) is 0 Å². The largest absolute Gasteiger partial charge is 0.310 e. The Bertz CT molecular complexity index is 1640. The molecule has 0 amide bonds. The van der Waals surface area contributed by atoms with E-state index in [4.69, 9.17) is 11.6 Å².